The van der Waals surface area contributed by atoms with E-state index in [9.17, 15) is 14.7 Å². The van der Waals surface area contributed by atoms with Crippen LogP contribution in [0.3, 0.4) is 0 Å². The summed E-state index contributed by atoms with van der Waals surface area (Å²) in [5.74, 6) is -2.25. The highest BCUT2D eigenvalue weighted by Crippen LogP contribution is 2.31. The first-order valence-corrected chi connectivity index (χ1v) is 9.21. The number of hydrogen-bond acceptors (Lipinski definition) is 3. The number of esters is 1. The van der Waals surface area contributed by atoms with Crippen molar-refractivity contribution in [3.8, 4) is 0 Å². The van der Waals surface area contributed by atoms with Gasteiger partial charge in [0.2, 0.25) is 0 Å². The molecular weight excluding hydrogens is 292 g/mol. The average Bonchev–Trinajstić information content (AvgIpc) is 2.56. The number of hydrogen-bond donors (Lipinski definition) is 1. The molecule has 1 rings (SSSR count). The van der Waals surface area contributed by atoms with Gasteiger partial charge >= 0.3 is 11.9 Å². The molecule has 0 saturated heterocycles. The third-order valence-corrected chi connectivity index (χ3v) is 4.60. The zero-order valence-corrected chi connectivity index (χ0v) is 14.5. The Hall–Kier alpha value is -1.32. The second-order valence-electron chi connectivity index (χ2n) is 6.49. The summed E-state index contributed by atoms with van der Waals surface area (Å²) in [6.45, 7) is 2.48. The predicted octanol–water partition coefficient (Wildman–Crippen LogP) is 4.73. The minimum Gasteiger partial charge on any atom is -0.481 e. The Morgan fingerprint density at radius 1 is 1.00 bits per heavy atom. The molecule has 0 aromatic rings. The van der Waals surface area contributed by atoms with E-state index in [0.717, 1.165) is 19.3 Å². The summed E-state index contributed by atoms with van der Waals surface area (Å²) in [4.78, 5) is 23.2. The Balaban J connectivity index is 2.13. The second-order valence-corrected chi connectivity index (χ2v) is 6.49. The molecule has 0 spiro atoms. The van der Waals surface area contributed by atoms with E-state index in [1.165, 1.54) is 38.5 Å². The maximum atomic E-state index is 12.0. The molecule has 1 fully saturated rings. The Labute approximate surface area is 140 Å². The molecule has 132 valence electrons. The maximum absolute atomic E-state index is 12.0. The Kier molecular flexibility index (Phi) is 10.4. The molecule has 1 aliphatic carbocycles. The first-order valence-electron chi connectivity index (χ1n) is 9.21. The Morgan fingerprint density at radius 2 is 1.65 bits per heavy atom. The van der Waals surface area contributed by atoms with Crippen LogP contribution in [0.4, 0.5) is 0 Å². The van der Waals surface area contributed by atoms with Crippen LogP contribution in [-0.4, -0.2) is 23.7 Å². The molecule has 0 aromatic heterocycles. The van der Waals surface area contributed by atoms with Crippen LogP contribution < -0.4 is 0 Å². The summed E-state index contributed by atoms with van der Waals surface area (Å²) < 4.78 is 5.23. The molecule has 4 nitrogen and oxygen atoms in total. The van der Waals surface area contributed by atoms with Gasteiger partial charge in [0, 0.05) is 0 Å². The van der Waals surface area contributed by atoms with Crippen molar-refractivity contribution < 1.29 is 19.4 Å². The number of rotatable bonds is 11. The van der Waals surface area contributed by atoms with Gasteiger partial charge in [-0.2, -0.15) is 0 Å². The van der Waals surface area contributed by atoms with Crippen LogP contribution in [0.1, 0.15) is 77.6 Å². The lowest BCUT2D eigenvalue weighted by atomic mass is 9.79. The number of carbonyl (C=O) groups is 2. The van der Waals surface area contributed by atoms with Gasteiger partial charge in [0.15, 0.2) is 0 Å². The van der Waals surface area contributed by atoms with Crippen LogP contribution >= 0.6 is 0 Å². The summed E-state index contributed by atoms with van der Waals surface area (Å²) in [5.41, 5.74) is 0. The molecule has 1 saturated carbocycles. The zero-order valence-electron chi connectivity index (χ0n) is 14.5. The standard InChI is InChI=1S/C19H32O4/c1-2-3-4-5-6-7-8-9-12-15-23-19(22)17-14-11-10-13-16(17)18(20)21/h9,12,16-17H,2-8,10-11,13-15H2,1H3,(H,20,21)/b12-9+. The monoisotopic (exact) mass is 324 g/mol. The number of allylic oxidation sites excluding steroid dienone is 1. The summed E-state index contributed by atoms with van der Waals surface area (Å²) in [7, 11) is 0. The van der Waals surface area contributed by atoms with Crippen molar-refractivity contribution in [3.05, 3.63) is 12.2 Å². The van der Waals surface area contributed by atoms with Gasteiger partial charge in [-0.15, -0.1) is 0 Å². The number of ether oxygens (including phenoxy) is 1. The molecule has 0 heterocycles. The van der Waals surface area contributed by atoms with Gasteiger partial charge in [-0.25, -0.2) is 0 Å². The molecule has 0 aromatic carbocycles. The fourth-order valence-corrected chi connectivity index (χ4v) is 3.17. The van der Waals surface area contributed by atoms with Crippen molar-refractivity contribution in [2.75, 3.05) is 6.61 Å². The maximum Gasteiger partial charge on any atom is 0.310 e. The van der Waals surface area contributed by atoms with Crippen LogP contribution in [0.5, 0.6) is 0 Å². The molecule has 23 heavy (non-hydrogen) atoms. The van der Waals surface area contributed by atoms with Crippen molar-refractivity contribution in [2.45, 2.75) is 77.6 Å². The quantitative estimate of drug-likeness (QED) is 0.339. The highest BCUT2D eigenvalue weighted by atomic mass is 16.5. The summed E-state index contributed by atoms with van der Waals surface area (Å²) >= 11 is 0. The Bertz CT molecular complexity index is 376. The van der Waals surface area contributed by atoms with Gasteiger partial charge < -0.3 is 9.84 Å². The zero-order chi connectivity index (χ0) is 16.9. The topological polar surface area (TPSA) is 63.6 Å². The van der Waals surface area contributed by atoms with Crippen LogP contribution in [0.15, 0.2) is 12.2 Å². The molecule has 1 N–H and O–H groups in total. The minimum atomic E-state index is -0.870. The highest BCUT2D eigenvalue weighted by Gasteiger charge is 2.36. The van der Waals surface area contributed by atoms with Gasteiger partial charge in [0.1, 0.15) is 6.61 Å². The minimum absolute atomic E-state index is 0.261. The fourth-order valence-electron chi connectivity index (χ4n) is 3.17. The largest absolute Gasteiger partial charge is 0.481 e. The summed E-state index contributed by atoms with van der Waals surface area (Å²) in [6.07, 6.45) is 15.6. The average molecular weight is 324 g/mol. The lowest BCUT2D eigenvalue weighted by Crippen LogP contribution is -2.33. The van der Waals surface area contributed by atoms with Crippen LogP contribution in [0.25, 0.3) is 0 Å². The number of carboxylic acids is 1. The van der Waals surface area contributed by atoms with Crippen LogP contribution in [0, 0.1) is 11.8 Å². The number of carbonyl (C=O) groups excluding carboxylic acids is 1. The smallest absolute Gasteiger partial charge is 0.310 e. The van der Waals surface area contributed by atoms with Gasteiger partial charge in [0.25, 0.3) is 0 Å². The van der Waals surface area contributed by atoms with E-state index < -0.39 is 17.8 Å². The first kappa shape index (κ1) is 19.7. The van der Waals surface area contributed by atoms with Crippen molar-refractivity contribution in [3.63, 3.8) is 0 Å². The summed E-state index contributed by atoms with van der Waals surface area (Å²) in [6, 6.07) is 0. The third-order valence-electron chi connectivity index (χ3n) is 4.60. The van der Waals surface area contributed by atoms with E-state index in [-0.39, 0.29) is 12.6 Å². The molecule has 0 amide bonds. The lowest BCUT2D eigenvalue weighted by Gasteiger charge is -2.26. The fraction of sp³-hybridized carbons (Fsp3) is 0.789. The van der Waals surface area contributed by atoms with Gasteiger partial charge in [-0.3, -0.25) is 9.59 Å². The van der Waals surface area contributed by atoms with E-state index in [0.29, 0.717) is 12.8 Å². The predicted molar refractivity (Wildman–Crippen MR) is 91.2 cm³/mol. The van der Waals surface area contributed by atoms with E-state index in [1.807, 2.05) is 6.08 Å². The van der Waals surface area contributed by atoms with Crippen molar-refractivity contribution in [1.82, 2.24) is 0 Å². The van der Waals surface area contributed by atoms with E-state index in [1.54, 1.807) is 0 Å². The van der Waals surface area contributed by atoms with Crippen molar-refractivity contribution in [2.24, 2.45) is 11.8 Å². The first-order chi connectivity index (χ1) is 11.2. The third kappa shape index (κ3) is 8.19. The Morgan fingerprint density at radius 3 is 2.35 bits per heavy atom. The molecule has 2 unspecified atom stereocenters. The van der Waals surface area contributed by atoms with Gasteiger partial charge in [0.05, 0.1) is 11.8 Å². The molecule has 1 aliphatic rings. The molecular formula is C19H32O4. The van der Waals surface area contributed by atoms with Gasteiger partial charge in [-0.05, 0) is 25.7 Å². The molecule has 4 heteroatoms. The number of carboxylic acid groups (broad SMARTS) is 1. The lowest BCUT2D eigenvalue weighted by molar-refractivity contribution is -0.158. The van der Waals surface area contributed by atoms with Crippen molar-refractivity contribution >= 4 is 11.9 Å². The molecule has 0 radical (unpaired) electrons. The van der Waals surface area contributed by atoms with E-state index in [2.05, 4.69) is 13.0 Å². The molecule has 2 atom stereocenters. The number of aliphatic carboxylic acids is 1. The SMILES string of the molecule is CCCCCCCC/C=C/COC(=O)C1CCCCC1C(=O)O. The normalized spacial score (nSPS) is 21.4. The van der Waals surface area contributed by atoms with Gasteiger partial charge in [-0.1, -0.05) is 64.0 Å². The molecule has 0 aliphatic heterocycles. The summed E-state index contributed by atoms with van der Waals surface area (Å²) in [5, 5.41) is 9.18. The number of unbranched alkanes of at least 4 members (excludes halogenated alkanes) is 6. The van der Waals surface area contributed by atoms with E-state index in [4.69, 9.17) is 4.74 Å². The van der Waals surface area contributed by atoms with Crippen LogP contribution in [0.2, 0.25) is 0 Å². The molecule has 0 bridgehead atoms. The highest BCUT2D eigenvalue weighted by molar-refractivity contribution is 5.81. The second kappa shape index (κ2) is 12.1. The van der Waals surface area contributed by atoms with E-state index >= 15 is 0 Å². The van der Waals surface area contributed by atoms with Crippen molar-refractivity contribution in [1.29, 1.82) is 0 Å². The van der Waals surface area contributed by atoms with Crippen LogP contribution in [-0.2, 0) is 14.3 Å².